The van der Waals surface area contributed by atoms with Crippen molar-refractivity contribution in [3.8, 4) is 5.75 Å². The van der Waals surface area contributed by atoms with E-state index in [9.17, 15) is 9.59 Å². The number of rotatable bonds is 8. The first-order valence-corrected chi connectivity index (χ1v) is 11.9. The minimum absolute atomic E-state index is 0.130. The van der Waals surface area contributed by atoms with Gasteiger partial charge in [-0.1, -0.05) is 41.9 Å². The van der Waals surface area contributed by atoms with E-state index in [1.54, 1.807) is 24.3 Å². The molecule has 0 fully saturated rings. The molecule has 7 heteroatoms. The van der Waals surface area contributed by atoms with Gasteiger partial charge in [-0.15, -0.1) is 11.3 Å². The third kappa shape index (κ3) is 5.69. The van der Waals surface area contributed by atoms with Crippen molar-refractivity contribution in [2.24, 2.45) is 0 Å². The van der Waals surface area contributed by atoms with Gasteiger partial charge in [0, 0.05) is 16.4 Å². The highest BCUT2D eigenvalue weighted by atomic mass is 35.5. The van der Waals surface area contributed by atoms with Crippen molar-refractivity contribution in [2.75, 3.05) is 18.5 Å². The highest BCUT2D eigenvalue weighted by molar-refractivity contribution is 7.17. The number of carbonyl (C=O) groups excluding carboxylic acids is 2. The molecule has 1 heterocycles. The van der Waals surface area contributed by atoms with E-state index in [1.165, 1.54) is 21.8 Å². The molecule has 4 rings (SSSR count). The summed E-state index contributed by atoms with van der Waals surface area (Å²) in [7, 11) is 0. The molecule has 0 saturated heterocycles. The minimum Gasteiger partial charge on any atom is -0.484 e. The Morgan fingerprint density at radius 3 is 2.53 bits per heavy atom. The molecule has 2 amide bonds. The topological polar surface area (TPSA) is 67.4 Å². The van der Waals surface area contributed by atoms with E-state index in [-0.39, 0.29) is 18.4 Å². The Morgan fingerprint density at radius 2 is 1.75 bits per heavy atom. The first-order chi connectivity index (χ1) is 15.6. The molecule has 0 aliphatic heterocycles. The molecule has 0 atom stereocenters. The number of nitrogens with one attached hydrogen (secondary N) is 2. The van der Waals surface area contributed by atoms with Crippen LogP contribution in [0.15, 0.2) is 54.6 Å². The summed E-state index contributed by atoms with van der Waals surface area (Å²) >= 11 is 7.38. The van der Waals surface area contributed by atoms with E-state index < -0.39 is 0 Å². The van der Waals surface area contributed by atoms with Gasteiger partial charge < -0.3 is 15.4 Å². The van der Waals surface area contributed by atoms with Crippen LogP contribution in [0.1, 0.15) is 39.2 Å². The van der Waals surface area contributed by atoms with Gasteiger partial charge in [0.2, 0.25) is 0 Å². The van der Waals surface area contributed by atoms with Gasteiger partial charge in [-0.25, -0.2) is 0 Å². The SMILES string of the molecule is O=C(COc1ccc(Cl)cc1)Nc1sc2c(c1C(=O)NCCc1ccccc1)CCCC2. The number of anilines is 1. The molecular weight excluding hydrogens is 444 g/mol. The predicted molar refractivity (Wildman–Crippen MR) is 129 cm³/mol. The Balaban J connectivity index is 1.42. The van der Waals surface area contributed by atoms with E-state index in [1.807, 2.05) is 30.3 Å². The maximum atomic E-state index is 13.1. The summed E-state index contributed by atoms with van der Waals surface area (Å²) in [6.07, 6.45) is 4.73. The van der Waals surface area contributed by atoms with Crippen molar-refractivity contribution in [3.63, 3.8) is 0 Å². The fourth-order valence-corrected chi connectivity index (χ4v) is 5.22. The molecule has 166 valence electrons. The van der Waals surface area contributed by atoms with E-state index in [0.717, 1.165) is 37.7 Å². The van der Waals surface area contributed by atoms with Gasteiger partial charge in [-0.3, -0.25) is 9.59 Å². The second-order valence-electron chi connectivity index (χ2n) is 7.70. The minimum atomic E-state index is -0.295. The lowest BCUT2D eigenvalue weighted by Gasteiger charge is -2.13. The summed E-state index contributed by atoms with van der Waals surface area (Å²) in [5.74, 6) is 0.139. The Hall–Kier alpha value is -2.83. The zero-order valence-electron chi connectivity index (χ0n) is 17.7. The van der Waals surface area contributed by atoms with E-state index >= 15 is 0 Å². The number of fused-ring (bicyclic) bond motifs is 1. The number of aryl methyl sites for hydroxylation is 1. The van der Waals surface area contributed by atoms with Crippen LogP contribution in [0.25, 0.3) is 0 Å². The van der Waals surface area contributed by atoms with Crippen LogP contribution in [0.5, 0.6) is 5.75 Å². The van der Waals surface area contributed by atoms with Crippen LogP contribution in [0.2, 0.25) is 5.02 Å². The lowest BCUT2D eigenvalue weighted by molar-refractivity contribution is -0.118. The number of thiophene rings is 1. The third-order valence-corrected chi connectivity index (χ3v) is 6.84. The maximum absolute atomic E-state index is 13.1. The fraction of sp³-hybridized carbons (Fsp3) is 0.280. The van der Waals surface area contributed by atoms with Gasteiger partial charge in [0.05, 0.1) is 5.56 Å². The zero-order valence-corrected chi connectivity index (χ0v) is 19.2. The van der Waals surface area contributed by atoms with Crippen molar-refractivity contribution in [3.05, 3.63) is 81.2 Å². The zero-order chi connectivity index (χ0) is 22.3. The second-order valence-corrected chi connectivity index (χ2v) is 9.24. The molecule has 1 aromatic heterocycles. The number of ether oxygens (including phenoxy) is 1. The highest BCUT2D eigenvalue weighted by Gasteiger charge is 2.26. The number of hydrogen-bond acceptors (Lipinski definition) is 4. The smallest absolute Gasteiger partial charge is 0.262 e. The molecule has 2 aromatic carbocycles. The van der Waals surface area contributed by atoms with Gasteiger partial charge in [0.25, 0.3) is 11.8 Å². The monoisotopic (exact) mass is 468 g/mol. The average molecular weight is 469 g/mol. The van der Waals surface area contributed by atoms with Crippen LogP contribution in [-0.2, 0) is 24.1 Å². The summed E-state index contributed by atoms with van der Waals surface area (Å²) in [6, 6.07) is 16.9. The van der Waals surface area contributed by atoms with Crippen LogP contribution in [0, 0.1) is 0 Å². The van der Waals surface area contributed by atoms with E-state index in [2.05, 4.69) is 10.6 Å². The van der Waals surface area contributed by atoms with Crippen molar-refractivity contribution in [1.29, 1.82) is 0 Å². The van der Waals surface area contributed by atoms with Gasteiger partial charge in [-0.2, -0.15) is 0 Å². The molecule has 0 saturated carbocycles. The summed E-state index contributed by atoms with van der Waals surface area (Å²) in [4.78, 5) is 26.8. The highest BCUT2D eigenvalue weighted by Crippen LogP contribution is 2.38. The van der Waals surface area contributed by atoms with Crippen molar-refractivity contribution in [1.82, 2.24) is 5.32 Å². The Kier molecular flexibility index (Phi) is 7.45. The first-order valence-electron chi connectivity index (χ1n) is 10.7. The molecule has 2 N–H and O–H groups in total. The maximum Gasteiger partial charge on any atom is 0.262 e. The van der Waals surface area contributed by atoms with Crippen LogP contribution >= 0.6 is 22.9 Å². The van der Waals surface area contributed by atoms with Crippen molar-refractivity contribution in [2.45, 2.75) is 32.1 Å². The molecule has 0 spiro atoms. The largest absolute Gasteiger partial charge is 0.484 e. The van der Waals surface area contributed by atoms with E-state index in [4.69, 9.17) is 16.3 Å². The molecule has 0 bridgehead atoms. The first kappa shape index (κ1) is 22.4. The lowest BCUT2D eigenvalue weighted by atomic mass is 9.95. The Bertz CT molecular complexity index is 1080. The van der Waals surface area contributed by atoms with Gasteiger partial charge in [0.15, 0.2) is 6.61 Å². The second kappa shape index (κ2) is 10.7. The lowest BCUT2D eigenvalue weighted by Crippen LogP contribution is -2.28. The summed E-state index contributed by atoms with van der Waals surface area (Å²) in [5, 5.41) is 7.15. The number of hydrogen-bond donors (Lipinski definition) is 2. The molecular formula is C25H25ClN2O3S. The average Bonchev–Trinajstić information content (AvgIpc) is 3.17. The number of carbonyl (C=O) groups is 2. The predicted octanol–water partition coefficient (Wildman–Crippen LogP) is 5.27. The molecule has 0 unspecified atom stereocenters. The van der Waals surface area contributed by atoms with Crippen LogP contribution in [0.4, 0.5) is 5.00 Å². The van der Waals surface area contributed by atoms with Crippen molar-refractivity contribution >= 4 is 39.8 Å². The fourth-order valence-electron chi connectivity index (χ4n) is 3.79. The number of amides is 2. The number of benzene rings is 2. The quantitative estimate of drug-likeness (QED) is 0.473. The molecule has 1 aliphatic carbocycles. The normalized spacial score (nSPS) is 12.7. The molecule has 0 radical (unpaired) electrons. The summed E-state index contributed by atoms with van der Waals surface area (Å²) in [5.41, 5.74) is 2.86. The van der Waals surface area contributed by atoms with Crippen LogP contribution in [-0.4, -0.2) is 25.0 Å². The molecule has 32 heavy (non-hydrogen) atoms. The van der Waals surface area contributed by atoms with E-state index in [0.29, 0.717) is 27.9 Å². The van der Waals surface area contributed by atoms with Crippen LogP contribution < -0.4 is 15.4 Å². The summed E-state index contributed by atoms with van der Waals surface area (Å²) < 4.78 is 5.54. The van der Waals surface area contributed by atoms with Gasteiger partial charge in [0.1, 0.15) is 10.8 Å². The number of halogens is 1. The van der Waals surface area contributed by atoms with Crippen LogP contribution in [0.3, 0.4) is 0 Å². The Morgan fingerprint density at radius 1 is 1.00 bits per heavy atom. The molecule has 3 aromatic rings. The molecule has 1 aliphatic rings. The standard InChI is InChI=1S/C25H25ClN2O3S/c26-18-10-12-19(13-11-18)31-16-22(29)28-25-23(20-8-4-5-9-21(20)32-25)24(30)27-15-14-17-6-2-1-3-7-17/h1-3,6-7,10-13H,4-5,8-9,14-16H2,(H,27,30)(H,28,29). The third-order valence-electron chi connectivity index (χ3n) is 5.38. The Labute approximate surface area is 196 Å². The van der Waals surface area contributed by atoms with Gasteiger partial charge in [-0.05, 0) is 67.5 Å². The molecule has 5 nitrogen and oxygen atoms in total. The van der Waals surface area contributed by atoms with Crippen molar-refractivity contribution < 1.29 is 14.3 Å². The van der Waals surface area contributed by atoms with Gasteiger partial charge >= 0.3 is 0 Å². The summed E-state index contributed by atoms with van der Waals surface area (Å²) in [6.45, 7) is 0.403.